The predicted octanol–water partition coefficient (Wildman–Crippen LogP) is 5.31. The van der Waals surface area contributed by atoms with Crippen LogP contribution in [0.15, 0.2) is 97.1 Å². The molecule has 4 aromatic rings. The molecular formula is C38H36N2O8Se2. The molecule has 2 amide bonds. The van der Waals surface area contributed by atoms with Gasteiger partial charge < -0.3 is 0 Å². The number of amides is 2. The fourth-order valence-corrected chi connectivity index (χ4v) is 13.4. The van der Waals surface area contributed by atoms with Crippen molar-refractivity contribution in [2.24, 2.45) is 0 Å². The molecule has 0 fully saturated rings. The van der Waals surface area contributed by atoms with Crippen molar-refractivity contribution in [3.63, 3.8) is 0 Å². The summed E-state index contributed by atoms with van der Waals surface area (Å²) in [6.45, 7) is 0.233. The van der Waals surface area contributed by atoms with E-state index in [0.29, 0.717) is 10.6 Å². The van der Waals surface area contributed by atoms with Crippen molar-refractivity contribution in [2.45, 2.75) is 34.6 Å². The quantitative estimate of drug-likeness (QED) is 0.0807. The van der Waals surface area contributed by atoms with Crippen LogP contribution in [0.1, 0.15) is 34.1 Å². The number of nitrogens with one attached hydrogen (secondary N) is 2. The molecule has 0 spiro atoms. The van der Waals surface area contributed by atoms with Gasteiger partial charge in [-0.3, -0.25) is 0 Å². The number of ether oxygens (including phenoxy) is 4. The van der Waals surface area contributed by atoms with Crippen molar-refractivity contribution >= 4 is 50.4 Å². The van der Waals surface area contributed by atoms with E-state index in [9.17, 15) is 19.2 Å². The van der Waals surface area contributed by atoms with Gasteiger partial charge in [-0.1, -0.05) is 0 Å². The van der Waals surface area contributed by atoms with Crippen LogP contribution in [0, 0.1) is 0 Å². The first-order valence-electron chi connectivity index (χ1n) is 16.0. The Morgan fingerprint density at radius 3 is 1.14 bits per heavy atom. The van der Waals surface area contributed by atoms with Gasteiger partial charge >= 0.3 is 303 Å². The fraction of sp³-hybridized carbons (Fsp3) is 0.263. The Morgan fingerprint density at radius 1 is 0.540 bits per heavy atom. The van der Waals surface area contributed by atoms with Gasteiger partial charge in [-0.2, -0.15) is 0 Å². The van der Waals surface area contributed by atoms with Crippen molar-refractivity contribution in [2.75, 3.05) is 27.4 Å². The second kappa shape index (κ2) is 16.4. The van der Waals surface area contributed by atoms with Gasteiger partial charge in [-0.05, 0) is 0 Å². The third kappa shape index (κ3) is 7.74. The van der Waals surface area contributed by atoms with Crippen LogP contribution in [0.2, 0.25) is 10.6 Å². The minimum absolute atomic E-state index is 0.114. The standard InChI is InChI=1S/C38H36N2O8Se2/c1-45-35(41)33(39-37(43)47-19-31-27-15-7-3-11-23(27)24-12-4-8-16-28(24)31)21-49-50-22-34(36(42)46-2)40-38(44)48-20-32-29-17-9-5-13-25(29)26-14-6-10-18-30(26)32/h3-18,31-34H,19-22H2,1-2H3,(H,39,43)(H,40,44)/t33-,34-/m0/s1. The molecule has 0 saturated carbocycles. The Morgan fingerprint density at radius 2 is 0.840 bits per heavy atom. The van der Waals surface area contributed by atoms with Crippen LogP contribution < -0.4 is 10.6 Å². The van der Waals surface area contributed by atoms with Crippen LogP contribution in [0.5, 0.6) is 0 Å². The molecule has 2 aliphatic carbocycles. The fourth-order valence-electron chi connectivity index (χ4n) is 6.42. The average Bonchev–Trinajstić information content (AvgIpc) is 3.65. The molecular weight excluding hydrogens is 770 g/mol. The average molecular weight is 807 g/mol. The zero-order valence-electron chi connectivity index (χ0n) is 27.5. The van der Waals surface area contributed by atoms with Gasteiger partial charge in [0.25, 0.3) is 0 Å². The van der Waals surface area contributed by atoms with Gasteiger partial charge in [-0.15, -0.1) is 0 Å². The van der Waals surface area contributed by atoms with Crippen LogP contribution in [-0.4, -0.2) is 89.9 Å². The van der Waals surface area contributed by atoms with Crippen LogP contribution in [0.25, 0.3) is 22.3 Å². The molecule has 0 heterocycles. The second-order valence-corrected chi connectivity index (χ2v) is 19.2. The molecule has 258 valence electrons. The number of esters is 2. The molecule has 0 aromatic heterocycles. The third-order valence-electron chi connectivity index (χ3n) is 8.80. The van der Waals surface area contributed by atoms with E-state index >= 15 is 0 Å². The molecule has 2 aliphatic rings. The molecule has 10 nitrogen and oxygen atoms in total. The summed E-state index contributed by atoms with van der Waals surface area (Å²) in [6.07, 6.45) is -1.43. The van der Waals surface area contributed by atoms with Gasteiger partial charge in [0.1, 0.15) is 0 Å². The maximum atomic E-state index is 12.9. The third-order valence-corrected chi connectivity index (χ3v) is 15.9. The topological polar surface area (TPSA) is 129 Å². The van der Waals surface area contributed by atoms with Gasteiger partial charge in [0, 0.05) is 0 Å². The van der Waals surface area contributed by atoms with E-state index in [0.717, 1.165) is 44.5 Å². The van der Waals surface area contributed by atoms with Gasteiger partial charge in [-0.25, -0.2) is 0 Å². The number of carbonyl (C=O) groups is 4. The van der Waals surface area contributed by atoms with E-state index in [1.54, 1.807) is 0 Å². The number of hydrogen-bond acceptors (Lipinski definition) is 8. The summed E-state index contributed by atoms with van der Waals surface area (Å²) in [4.78, 5) is 50.9. The molecule has 4 aromatic carbocycles. The molecule has 0 aliphatic heterocycles. The van der Waals surface area contributed by atoms with E-state index in [1.807, 2.05) is 72.8 Å². The van der Waals surface area contributed by atoms with Gasteiger partial charge in [0.15, 0.2) is 0 Å². The molecule has 0 unspecified atom stereocenters. The maximum absolute atomic E-state index is 12.9. The van der Waals surface area contributed by atoms with Crippen molar-refractivity contribution in [1.82, 2.24) is 10.6 Å². The molecule has 12 heteroatoms. The summed E-state index contributed by atoms with van der Waals surface area (Å²) < 4.78 is 21.1. The minimum atomic E-state index is -0.913. The number of alkyl carbamates (subject to hydrolysis) is 2. The van der Waals surface area contributed by atoms with E-state index in [2.05, 4.69) is 34.9 Å². The van der Waals surface area contributed by atoms with E-state index in [1.165, 1.54) is 14.2 Å². The Bertz CT molecular complexity index is 1660. The summed E-state index contributed by atoms with van der Waals surface area (Å²) in [7, 11) is 2.52. The summed E-state index contributed by atoms with van der Waals surface area (Å²) in [6, 6.07) is 30.4. The molecule has 50 heavy (non-hydrogen) atoms. The van der Waals surface area contributed by atoms with E-state index in [4.69, 9.17) is 18.9 Å². The van der Waals surface area contributed by atoms with Crippen molar-refractivity contribution in [3.05, 3.63) is 119 Å². The molecule has 0 bridgehead atoms. The first-order valence-corrected chi connectivity index (χ1v) is 22.8. The molecule has 6 rings (SSSR count). The second-order valence-electron chi connectivity index (χ2n) is 11.7. The number of hydrogen-bond donors (Lipinski definition) is 2. The summed E-state index contributed by atoms with van der Waals surface area (Å²) in [5.74, 6) is -1.40. The normalized spacial score (nSPS) is 13.9. The number of rotatable bonds is 13. The van der Waals surface area contributed by atoms with Crippen LogP contribution >= 0.6 is 0 Å². The monoisotopic (exact) mass is 808 g/mol. The predicted molar refractivity (Wildman–Crippen MR) is 189 cm³/mol. The number of fused-ring (bicyclic) bond motifs is 6. The zero-order chi connectivity index (χ0) is 35.0. The van der Waals surface area contributed by atoms with Gasteiger partial charge in [0.05, 0.1) is 0 Å². The number of benzene rings is 4. The van der Waals surface area contributed by atoms with Crippen molar-refractivity contribution < 1.29 is 38.1 Å². The molecule has 2 atom stereocenters. The molecule has 0 saturated heterocycles. The Balaban J connectivity index is 0.985. The van der Waals surface area contributed by atoms with Crippen LogP contribution in [0.4, 0.5) is 9.59 Å². The van der Waals surface area contributed by atoms with E-state index < -0.39 is 36.2 Å². The number of carbonyl (C=O) groups excluding carboxylic acids is 4. The summed E-state index contributed by atoms with van der Waals surface area (Å²) in [5.41, 5.74) is 8.82. The first-order chi connectivity index (χ1) is 24.4. The number of methoxy groups -OCH3 is 2. The zero-order valence-corrected chi connectivity index (χ0v) is 30.9. The Labute approximate surface area is 301 Å². The first kappa shape index (κ1) is 35.2. The van der Waals surface area contributed by atoms with Gasteiger partial charge in [0.2, 0.25) is 0 Å². The van der Waals surface area contributed by atoms with E-state index in [-0.39, 0.29) is 51.3 Å². The SMILES string of the molecule is COC(=O)[C@H](C[Se][Se]C[C@H](NC(=O)OCC1c2ccccc2-c2ccccc21)C(=O)OC)NC(=O)OCC1c2ccccc2-c2ccccc21. The Kier molecular flexibility index (Phi) is 11.6. The van der Waals surface area contributed by atoms with Crippen molar-refractivity contribution in [3.8, 4) is 22.3 Å². The molecule has 2 N–H and O–H groups in total. The summed E-state index contributed by atoms with van der Waals surface area (Å²) in [5, 5.41) is 5.96. The molecule has 0 radical (unpaired) electrons. The van der Waals surface area contributed by atoms with Crippen LogP contribution in [0.3, 0.4) is 0 Å². The van der Waals surface area contributed by atoms with Crippen molar-refractivity contribution in [1.29, 1.82) is 0 Å². The summed E-state index contributed by atoms with van der Waals surface area (Å²) >= 11 is -0.310. The Hall–Kier alpha value is -4.60. The van der Waals surface area contributed by atoms with Crippen LogP contribution in [-0.2, 0) is 28.5 Å².